The van der Waals surface area contributed by atoms with E-state index in [4.69, 9.17) is 4.74 Å². The molecule has 0 saturated carbocycles. The van der Waals surface area contributed by atoms with Crippen molar-refractivity contribution in [2.75, 3.05) is 13.4 Å². The van der Waals surface area contributed by atoms with Gasteiger partial charge in [-0.05, 0) is 30.3 Å². The molecule has 130 valence electrons. The Morgan fingerprint density at radius 3 is 2.44 bits per heavy atom. The molecule has 0 aliphatic heterocycles. The highest BCUT2D eigenvalue weighted by molar-refractivity contribution is 7.90. The van der Waals surface area contributed by atoms with E-state index >= 15 is 0 Å². The van der Waals surface area contributed by atoms with Crippen molar-refractivity contribution in [1.29, 1.82) is 0 Å². The Morgan fingerprint density at radius 1 is 1.12 bits per heavy atom. The average molecular weight is 377 g/mol. The molecular formula is C18H16FNO3S2. The Balaban J connectivity index is 2.24. The number of aromatic nitrogens is 1. The Bertz CT molecular complexity index is 995. The Labute approximate surface area is 149 Å². The monoisotopic (exact) mass is 377 g/mol. The molecule has 0 bridgehead atoms. The lowest BCUT2D eigenvalue weighted by Crippen LogP contribution is -1.99. The van der Waals surface area contributed by atoms with Crippen LogP contribution in [0.3, 0.4) is 0 Å². The Hall–Kier alpha value is -2.09. The third-order valence-electron chi connectivity index (χ3n) is 3.59. The zero-order valence-corrected chi connectivity index (χ0v) is 15.3. The second-order valence-corrected chi connectivity index (χ2v) is 8.56. The molecule has 4 nitrogen and oxygen atoms in total. The molecule has 0 N–H and O–H groups in total. The summed E-state index contributed by atoms with van der Waals surface area (Å²) in [6, 6.07) is 12.8. The second kappa shape index (κ2) is 7.03. The fourth-order valence-corrected chi connectivity index (χ4v) is 4.57. The van der Waals surface area contributed by atoms with Crippen molar-refractivity contribution in [1.82, 2.24) is 4.98 Å². The van der Waals surface area contributed by atoms with Gasteiger partial charge in [0.15, 0.2) is 9.84 Å². The van der Waals surface area contributed by atoms with Crippen LogP contribution in [0.4, 0.5) is 4.39 Å². The molecule has 2 aromatic carbocycles. The first-order chi connectivity index (χ1) is 11.9. The van der Waals surface area contributed by atoms with Gasteiger partial charge in [0, 0.05) is 24.5 Å². The van der Waals surface area contributed by atoms with E-state index in [-0.39, 0.29) is 10.7 Å². The molecular weight excluding hydrogens is 361 g/mol. The van der Waals surface area contributed by atoms with Gasteiger partial charge in [0.05, 0.1) is 22.1 Å². The van der Waals surface area contributed by atoms with Crippen LogP contribution in [0.1, 0.15) is 5.01 Å². The minimum Gasteiger partial charge on any atom is -0.378 e. The summed E-state index contributed by atoms with van der Waals surface area (Å²) in [6.45, 7) is 0.319. The van der Waals surface area contributed by atoms with Gasteiger partial charge in [-0.1, -0.05) is 18.2 Å². The first-order valence-corrected chi connectivity index (χ1v) is 10.1. The number of methoxy groups -OCH3 is 1. The standard InChI is InChI=1S/C18H16FNO3S2/c1-23-11-16-20-17(12-7-9-13(19)10-8-12)18(24-16)14-5-3-4-6-15(14)25(2,21)22/h3-10H,11H2,1-2H3. The molecule has 0 atom stereocenters. The van der Waals surface area contributed by atoms with Crippen molar-refractivity contribution in [3.05, 3.63) is 59.4 Å². The number of ether oxygens (including phenoxy) is 1. The van der Waals surface area contributed by atoms with Crippen molar-refractivity contribution < 1.29 is 17.5 Å². The van der Waals surface area contributed by atoms with E-state index in [1.807, 2.05) is 0 Å². The summed E-state index contributed by atoms with van der Waals surface area (Å²) < 4.78 is 42.7. The zero-order valence-electron chi connectivity index (χ0n) is 13.7. The van der Waals surface area contributed by atoms with Gasteiger partial charge in [-0.15, -0.1) is 11.3 Å². The summed E-state index contributed by atoms with van der Waals surface area (Å²) in [4.78, 5) is 5.54. The molecule has 3 aromatic rings. The zero-order chi connectivity index (χ0) is 18.0. The van der Waals surface area contributed by atoms with Gasteiger partial charge in [-0.25, -0.2) is 17.8 Å². The molecule has 0 aliphatic rings. The van der Waals surface area contributed by atoms with Crippen molar-refractivity contribution in [2.45, 2.75) is 11.5 Å². The summed E-state index contributed by atoms with van der Waals surface area (Å²) in [5.41, 5.74) is 1.93. The van der Waals surface area contributed by atoms with Crippen LogP contribution in [-0.4, -0.2) is 26.8 Å². The van der Waals surface area contributed by atoms with Gasteiger partial charge >= 0.3 is 0 Å². The van der Waals surface area contributed by atoms with Gasteiger partial charge in [0.25, 0.3) is 0 Å². The molecule has 3 rings (SSSR count). The lowest BCUT2D eigenvalue weighted by atomic mass is 10.1. The maximum absolute atomic E-state index is 13.3. The van der Waals surface area contributed by atoms with Gasteiger partial charge in [0.1, 0.15) is 10.8 Å². The molecule has 25 heavy (non-hydrogen) atoms. The third kappa shape index (κ3) is 3.78. The number of sulfone groups is 1. The molecule has 0 saturated heterocycles. The number of hydrogen-bond donors (Lipinski definition) is 0. The number of hydrogen-bond acceptors (Lipinski definition) is 5. The van der Waals surface area contributed by atoms with Gasteiger partial charge in [0.2, 0.25) is 0 Å². The highest BCUT2D eigenvalue weighted by atomic mass is 32.2. The topological polar surface area (TPSA) is 56.3 Å². The second-order valence-electron chi connectivity index (χ2n) is 5.49. The van der Waals surface area contributed by atoms with Crippen LogP contribution in [0.15, 0.2) is 53.4 Å². The highest BCUT2D eigenvalue weighted by Crippen LogP contribution is 2.40. The molecule has 7 heteroatoms. The minimum absolute atomic E-state index is 0.242. The number of benzene rings is 2. The van der Waals surface area contributed by atoms with Crippen LogP contribution in [0.2, 0.25) is 0 Å². The van der Waals surface area contributed by atoms with Gasteiger partial charge in [-0.2, -0.15) is 0 Å². The van der Waals surface area contributed by atoms with Gasteiger partial charge < -0.3 is 4.74 Å². The van der Waals surface area contributed by atoms with E-state index in [9.17, 15) is 12.8 Å². The molecule has 1 aromatic heterocycles. The largest absolute Gasteiger partial charge is 0.378 e. The van der Waals surface area contributed by atoms with Crippen LogP contribution < -0.4 is 0 Å². The first-order valence-electron chi connectivity index (χ1n) is 7.44. The van der Waals surface area contributed by atoms with Crippen LogP contribution in [0.25, 0.3) is 21.7 Å². The summed E-state index contributed by atoms with van der Waals surface area (Å²) in [6.07, 6.45) is 1.18. The fraction of sp³-hybridized carbons (Fsp3) is 0.167. The molecule has 0 unspecified atom stereocenters. The van der Waals surface area contributed by atoms with Crippen LogP contribution >= 0.6 is 11.3 Å². The third-order valence-corrected chi connectivity index (χ3v) is 5.81. The van der Waals surface area contributed by atoms with E-state index in [1.54, 1.807) is 43.5 Å². The highest BCUT2D eigenvalue weighted by Gasteiger charge is 2.21. The van der Waals surface area contributed by atoms with Crippen molar-refractivity contribution in [2.24, 2.45) is 0 Å². The number of nitrogens with zero attached hydrogens (tertiary/aromatic N) is 1. The van der Waals surface area contributed by atoms with E-state index in [1.165, 1.54) is 29.7 Å². The number of rotatable bonds is 5. The maximum Gasteiger partial charge on any atom is 0.176 e. The molecule has 0 aliphatic carbocycles. The Morgan fingerprint density at radius 2 is 1.80 bits per heavy atom. The average Bonchev–Trinajstić information content (AvgIpc) is 2.99. The summed E-state index contributed by atoms with van der Waals surface area (Å²) >= 11 is 1.37. The van der Waals surface area contributed by atoms with Crippen molar-refractivity contribution >= 4 is 21.2 Å². The van der Waals surface area contributed by atoms with E-state index in [0.717, 1.165) is 15.4 Å². The van der Waals surface area contributed by atoms with E-state index < -0.39 is 9.84 Å². The van der Waals surface area contributed by atoms with E-state index in [2.05, 4.69) is 4.98 Å². The van der Waals surface area contributed by atoms with E-state index in [0.29, 0.717) is 17.9 Å². The SMILES string of the molecule is COCc1nc(-c2ccc(F)cc2)c(-c2ccccc2S(C)(=O)=O)s1. The summed E-state index contributed by atoms with van der Waals surface area (Å²) in [7, 11) is -1.83. The number of halogens is 1. The molecule has 0 amide bonds. The van der Waals surface area contributed by atoms with Crippen LogP contribution in [0.5, 0.6) is 0 Å². The normalized spacial score (nSPS) is 11.6. The minimum atomic E-state index is -3.40. The molecule has 0 fully saturated rings. The van der Waals surface area contributed by atoms with Crippen molar-refractivity contribution in [3.8, 4) is 21.7 Å². The fourth-order valence-electron chi connectivity index (χ4n) is 2.51. The Kier molecular flexibility index (Phi) is 4.99. The van der Waals surface area contributed by atoms with Crippen LogP contribution in [0, 0.1) is 5.82 Å². The number of thiazole rings is 1. The van der Waals surface area contributed by atoms with Gasteiger partial charge in [-0.3, -0.25) is 0 Å². The lowest BCUT2D eigenvalue weighted by molar-refractivity contribution is 0.184. The summed E-state index contributed by atoms with van der Waals surface area (Å²) in [5.74, 6) is -0.339. The first kappa shape index (κ1) is 17.7. The molecule has 0 spiro atoms. The quantitative estimate of drug-likeness (QED) is 0.670. The van der Waals surface area contributed by atoms with Crippen LogP contribution in [-0.2, 0) is 21.2 Å². The summed E-state index contributed by atoms with van der Waals surface area (Å²) in [5, 5.41) is 0.722. The molecule has 0 radical (unpaired) electrons. The predicted molar refractivity (Wildman–Crippen MR) is 96.8 cm³/mol. The van der Waals surface area contributed by atoms with Crippen molar-refractivity contribution in [3.63, 3.8) is 0 Å². The lowest BCUT2D eigenvalue weighted by Gasteiger charge is -2.08. The maximum atomic E-state index is 13.3. The smallest absolute Gasteiger partial charge is 0.176 e. The predicted octanol–water partition coefficient (Wildman–Crippen LogP) is 4.17. The molecule has 1 heterocycles.